The van der Waals surface area contributed by atoms with E-state index < -0.39 is 6.43 Å². The summed E-state index contributed by atoms with van der Waals surface area (Å²) < 4.78 is 24.8. The number of benzene rings is 1. The molecule has 0 saturated heterocycles. The molecular formula is C15H16F2N2. The number of rotatable bonds is 5. The molecule has 0 aliphatic rings. The lowest BCUT2D eigenvalue weighted by Gasteiger charge is -2.14. The number of nitrogens with zero attached hydrogens (tertiary/aromatic N) is 1. The second kappa shape index (κ2) is 6.38. The highest BCUT2D eigenvalue weighted by Gasteiger charge is 2.07. The van der Waals surface area contributed by atoms with Crippen LogP contribution in [0.2, 0.25) is 0 Å². The molecule has 1 N–H and O–H groups in total. The molecule has 0 bridgehead atoms. The highest BCUT2D eigenvalue weighted by Crippen LogP contribution is 2.19. The molecule has 1 heterocycles. The maximum absolute atomic E-state index is 12.4. The van der Waals surface area contributed by atoms with Gasteiger partial charge in [-0.25, -0.2) is 8.78 Å². The third kappa shape index (κ3) is 3.83. The summed E-state index contributed by atoms with van der Waals surface area (Å²) in [6, 6.07) is 10.5. The van der Waals surface area contributed by atoms with Crippen molar-refractivity contribution in [3.63, 3.8) is 0 Å². The number of aromatic nitrogens is 1. The van der Waals surface area contributed by atoms with Crippen molar-refractivity contribution in [1.82, 2.24) is 10.3 Å². The minimum Gasteiger partial charge on any atom is -0.306 e. The Hall–Kier alpha value is -1.81. The van der Waals surface area contributed by atoms with Crippen LogP contribution in [0, 0.1) is 0 Å². The fourth-order valence-electron chi connectivity index (χ4n) is 1.80. The number of hydrogen-bond acceptors (Lipinski definition) is 2. The Morgan fingerprint density at radius 3 is 2.42 bits per heavy atom. The summed E-state index contributed by atoms with van der Waals surface area (Å²) in [4.78, 5) is 4.07. The summed E-state index contributed by atoms with van der Waals surface area (Å²) in [6.45, 7) is 2.68. The van der Waals surface area contributed by atoms with Crippen molar-refractivity contribution < 1.29 is 8.78 Å². The van der Waals surface area contributed by atoms with Crippen LogP contribution < -0.4 is 5.32 Å². The van der Waals surface area contributed by atoms with Crippen LogP contribution in [0.4, 0.5) is 8.78 Å². The minimum atomic E-state index is -2.41. The van der Waals surface area contributed by atoms with Gasteiger partial charge in [-0.2, -0.15) is 0 Å². The molecule has 2 aromatic rings. The van der Waals surface area contributed by atoms with Gasteiger partial charge in [-0.3, -0.25) is 4.98 Å². The lowest BCUT2D eigenvalue weighted by molar-refractivity contribution is 0.151. The van der Waals surface area contributed by atoms with E-state index in [1.54, 1.807) is 18.3 Å². The van der Waals surface area contributed by atoms with E-state index in [4.69, 9.17) is 0 Å². The first-order valence-corrected chi connectivity index (χ1v) is 6.17. The van der Waals surface area contributed by atoms with E-state index in [-0.39, 0.29) is 11.6 Å². The average Bonchev–Trinajstić information content (AvgIpc) is 2.46. The second-order valence-electron chi connectivity index (χ2n) is 4.43. The molecule has 1 aromatic heterocycles. The normalized spacial score (nSPS) is 12.6. The topological polar surface area (TPSA) is 24.9 Å². The Labute approximate surface area is 111 Å². The van der Waals surface area contributed by atoms with Gasteiger partial charge in [-0.15, -0.1) is 0 Å². The fourth-order valence-corrected chi connectivity index (χ4v) is 1.80. The van der Waals surface area contributed by atoms with E-state index in [9.17, 15) is 8.78 Å². The Balaban J connectivity index is 1.92. The molecule has 4 heteroatoms. The molecule has 1 atom stereocenters. The van der Waals surface area contributed by atoms with Gasteiger partial charge in [0, 0.05) is 30.5 Å². The van der Waals surface area contributed by atoms with E-state index >= 15 is 0 Å². The molecule has 0 unspecified atom stereocenters. The Morgan fingerprint density at radius 1 is 1.11 bits per heavy atom. The van der Waals surface area contributed by atoms with Crippen molar-refractivity contribution in [2.75, 3.05) is 0 Å². The predicted octanol–water partition coefficient (Wildman–Crippen LogP) is 3.87. The van der Waals surface area contributed by atoms with E-state index in [2.05, 4.69) is 10.3 Å². The van der Waals surface area contributed by atoms with Gasteiger partial charge in [-0.05, 0) is 24.1 Å². The summed E-state index contributed by atoms with van der Waals surface area (Å²) in [5.41, 5.74) is 2.15. The maximum atomic E-state index is 12.4. The van der Waals surface area contributed by atoms with Crippen molar-refractivity contribution >= 4 is 0 Å². The molecule has 100 valence electrons. The SMILES string of the molecule is C[C@@H](NCc1ccc(C(F)F)cc1)c1cccnc1. The third-order valence-electron chi connectivity index (χ3n) is 3.03. The van der Waals surface area contributed by atoms with Crippen molar-refractivity contribution in [1.29, 1.82) is 0 Å². The highest BCUT2D eigenvalue weighted by atomic mass is 19.3. The predicted molar refractivity (Wildman–Crippen MR) is 70.9 cm³/mol. The molecular weight excluding hydrogens is 246 g/mol. The Bertz CT molecular complexity index is 497. The van der Waals surface area contributed by atoms with Gasteiger partial charge in [0.2, 0.25) is 0 Å². The van der Waals surface area contributed by atoms with Gasteiger partial charge in [0.15, 0.2) is 0 Å². The molecule has 2 rings (SSSR count). The lowest BCUT2D eigenvalue weighted by Crippen LogP contribution is -2.18. The largest absolute Gasteiger partial charge is 0.306 e. The molecule has 0 fully saturated rings. The molecule has 0 amide bonds. The first-order chi connectivity index (χ1) is 9.16. The van der Waals surface area contributed by atoms with Crippen LogP contribution in [0.5, 0.6) is 0 Å². The van der Waals surface area contributed by atoms with Crippen LogP contribution in [0.15, 0.2) is 48.8 Å². The van der Waals surface area contributed by atoms with E-state index in [0.717, 1.165) is 11.1 Å². The van der Waals surface area contributed by atoms with Crippen molar-refractivity contribution in [3.8, 4) is 0 Å². The first kappa shape index (κ1) is 13.6. The van der Waals surface area contributed by atoms with Crippen LogP contribution in [0.1, 0.15) is 36.1 Å². The molecule has 0 spiro atoms. The van der Waals surface area contributed by atoms with Crippen LogP contribution in [-0.2, 0) is 6.54 Å². The second-order valence-corrected chi connectivity index (χ2v) is 4.43. The summed E-state index contributed by atoms with van der Waals surface area (Å²) >= 11 is 0. The van der Waals surface area contributed by atoms with Crippen LogP contribution >= 0.6 is 0 Å². The number of alkyl halides is 2. The van der Waals surface area contributed by atoms with Gasteiger partial charge >= 0.3 is 0 Å². The van der Waals surface area contributed by atoms with E-state index in [1.165, 1.54) is 12.1 Å². The highest BCUT2D eigenvalue weighted by molar-refractivity contribution is 5.23. The lowest BCUT2D eigenvalue weighted by atomic mass is 10.1. The molecule has 2 nitrogen and oxygen atoms in total. The van der Waals surface area contributed by atoms with Crippen LogP contribution in [0.25, 0.3) is 0 Å². The van der Waals surface area contributed by atoms with Crippen molar-refractivity contribution in [2.45, 2.75) is 25.9 Å². The molecule has 0 saturated carbocycles. The van der Waals surface area contributed by atoms with Crippen molar-refractivity contribution in [2.24, 2.45) is 0 Å². The fraction of sp³-hybridized carbons (Fsp3) is 0.267. The third-order valence-corrected chi connectivity index (χ3v) is 3.03. The van der Waals surface area contributed by atoms with Gasteiger partial charge in [0.25, 0.3) is 6.43 Å². The van der Waals surface area contributed by atoms with E-state index in [1.807, 2.05) is 25.3 Å². The summed E-state index contributed by atoms with van der Waals surface area (Å²) in [6.07, 6.45) is 1.15. The van der Waals surface area contributed by atoms with Gasteiger partial charge in [0.1, 0.15) is 0 Å². The summed E-state index contributed by atoms with van der Waals surface area (Å²) in [7, 11) is 0. The number of nitrogens with one attached hydrogen (secondary N) is 1. The average molecular weight is 262 g/mol. The maximum Gasteiger partial charge on any atom is 0.263 e. The standard InChI is InChI=1S/C15H16F2N2/c1-11(14-3-2-8-18-10-14)19-9-12-4-6-13(7-5-12)15(16)17/h2-8,10-11,15,19H,9H2,1H3/t11-/m1/s1. The molecule has 0 aliphatic carbocycles. The Kier molecular flexibility index (Phi) is 4.58. The molecule has 0 aliphatic heterocycles. The zero-order chi connectivity index (χ0) is 13.7. The van der Waals surface area contributed by atoms with Gasteiger partial charge in [0.05, 0.1) is 0 Å². The minimum absolute atomic E-state index is 0.0593. The van der Waals surface area contributed by atoms with Crippen molar-refractivity contribution in [3.05, 3.63) is 65.5 Å². The van der Waals surface area contributed by atoms with Gasteiger partial charge < -0.3 is 5.32 Å². The zero-order valence-electron chi connectivity index (χ0n) is 10.7. The summed E-state index contributed by atoms with van der Waals surface area (Å²) in [5.74, 6) is 0. The first-order valence-electron chi connectivity index (χ1n) is 6.17. The number of halogens is 2. The Morgan fingerprint density at radius 2 is 1.84 bits per heavy atom. The van der Waals surface area contributed by atoms with Gasteiger partial charge in [-0.1, -0.05) is 30.3 Å². The summed E-state index contributed by atoms with van der Waals surface area (Å²) in [5, 5.41) is 3.34. The smallest absolute Gasteiger partial charge is 0.263 e. The zero-order valence-corrected chi connectivity index (χ0v) is 10.7. The number of hydrogen-bond donors (Lipinski definition) is 1. The van der Waals surface area contributed by atoms with Crippen LogP contribution in [-0.4, -0.2) is 4.98 Å². The quantitative estimate of drug-likeness (QED) is 0.884. The van der Waals surface area contributed by atoms with E-state index in [0.29, 0.717) is 6.54 Å². The van der Waals surface area contributed by atoms with Crippen LogP contribution in [0.3, 0.4) is 0 Å². The number of pyridine rings is 1. The molecule has 0 radical (unpaired) electrons. The molecule has 1 aromatic carbocycles. The monoisotopic (exact) mass is 262 g/mol. The molecule has 19 heavy (non-hydrogen) atoms.